The maximum atomic E-state index is 8.98. The first-order valence-electron chi connectivity index (χ1n) is 4.81. The fourth-order valence-electron chi connectivity index (χ4n) is 1.27. The number of hydrogen-bond donors (Lipinski definition) is 1. The molecule has 1 heterocycles. The summed E-state index contributed by atoms with van der Waals surface area (Å²) >= 11 is 0. The van der Waals surface area contributed by atoms with E-state index in [-0.39, 0.29) is 6.10 Å². The van der Waals surface area contributed by atoms with Gasteiger partial charge in [0.05, 0.1) is 12.7 Å². The van der Waals surface area contributed by atoms with Gasteiger partial charge in [0.15, 0.2) is 0 Å². The van der Waals surface area contributed by atoms with Crippen LogP contribution in [0.5, 0.6) is 0 Å². The second-order valence-electron chi connectivity index (χ2n) is 3.38. The second kappa shape index (κ2) is 5.51. The third kappa shape index (κ3) is 3.52. The minimum atomic E-state index is -0.0827. The van der Waals surface area contributed by atoms with Crippen molar-refractivity contribution in [1.29, 1.82) is 0 Å². The van der Waals surface area contributed by atoms with Gasteiger partial charge in [-0.05, 0) is 6.42 Å². The average Bonchev–Trinajstić information content (AvgIpc) is 2.00. The van der Waals surface area contributed by atoms with Crippen LogP contribution in [0.1, 0.15) is 19.8 Å². The van der Waals surface area contributed by atoms with Crippen LogP contribution in [0.3, 0.4) is 0 Å². The average molecular weight is 173 g/mol. The number of hydrogen-bond acceptors (Lipinski definition) is 3. The summed E-state index contributed by atoms with van der Waals surface area (Å²) in [5.74, 6) is 0. The largest absolute Gasteiger partial charge is 0.390 e. The predicted molar refractivity (Wildman–Crippen MR) is 48.2 cm³/mol. The van der Waals surface area contributed by atoms with Crippen LogP contribution in [0.25, 0.3) is 0 Å². The van der Waals surface area contributed by atoms with Gasteiger partial charge in [-0.1, -0.05) is 13.3 Å². The van der Waals surface area contributed by atoms with E-state index in [0.29, 0.717) is 0 Å². The highest BCUT2D eigenvalue weighted by Crippen LogP contribution is 2.05. The van der Waals surface area contributed by atoms with E-state index in [4.69, 9.17) is 9.84 Å². The number of aliphatic hydroxyl groups excluding tert-OH is 1. The first-order chi connectivity index (χ1) is 5.83. The second-order valence-corrected chi connectivity index (χ2v) is 3.38. The zero-order chi connectivity index (χ0) is 8.81. The number of likely N-dealkylation sites (tertiary alicyclic amines) is 1. The van der Waals surface area contributed by atoms with Crippen LogP contribution < -0.4 is 0 Å². The topological polar surface area (TPSA) is 32.7 Å². The summed E-state index contributed by atoms with van der Waals surface area (Å²) in [4.78, 5) is 2.20. The van der Waals surface area contributed by atoms with E-state index < -0.39 is 0 Å². The summed E-state index contributed by atoms with van der Waals surface area (Å²) in [5, 5.41) is 8.98. The summed E-state index contributed by atoms with van der Waals surface area (Å²) in [6.45, 7) is 6.49. The van der Waals surface area contributed by atoms with Crippen molar-refractivity contribution in [3.05, 3.63) is 0 Å². The van der Waals surface area contributed by atoms with Crippen LogP contribution in [-0.2, 0) is 4.74 Å². The molecule has 0 aliphatic carbocycles. The SMILES string of the molecule is CCCCOCCN1CC(O)C1. The monoisotopic (exact) mass is 173 g/mol. The first-order valence-corrected chi connectivity index (χ1v) is 4.81. The Morgan fingerprint density at radius 3 is 2.75 bits per heavy atom. The highest BCUT2D eigenvalue weighted by molar-refractivity contribution is 4.77. The molecule has 12 heavy (non-hydrogen) atoms. The highest BCUT2D eigenvalue weighted by Gasteiger charge is 2.23. The number of unbranched alkanes of at least 4 members (excludes halogenated alkanes) is 1. The van der Waals surface area contributed by atoms with Gasteiger partial charge in [0.1, 0.15) is 0 Å². The van der Waals surface area contributed by atoms with Gasteiger partial charge in [-0.3, -0.25) is 4.90 Å². The Morgan fingerprint density at radius 2 is 2.17 bits per heavy atom. The van der Waals surface area contributed by atoms with E-state index in [1.165, 1.54) is 6.42 Å². The zero-order valence-electron chi connectivity index (χ0n) is 7.83. The Labute approximate surface area is 74.3 Å². The molecule has 3 nitrogen and oxygen atoms in total. The van der Waals surface area contributed by atoms with Crippen LogP contribution in [-0.4, -0.2) is 49.0 Å². The van der Waals surface area contributed by atoms with E-state index in [0.717, 1.165) is 39.3 Å². The van der Waals surface area contributed by atoms with Crippen molar-refractivity contribution in [3.63, 3.8) is 0 Å². The zero-order valence-corrected chi connectivity index (χ0v) is 7.83. The molecule has 1 rings (SSSR count). The lowest BCUT2D eigenvalue weighted by atomic mass is 10.2. The van der Waals surface area contributed by atoms with Gasteiger partial charge < -0.3 is 9.84 Å². The molecule has 0 spiro atoms. The molecular formula is C9H19NO2. The molecule has 1 N–H and O–H groups in total. The molecule has 0 bridgehead atoms. The highest BCUT2D eigenvalue weighted by atomic mass is 16.5. The molecule has 1 aliphatic heterocycles. The number of β-amino-alcohol motifs (C(OH)–C–C–N with tert-alkyl or cyclic N) is 1. The van der Waals surface area contributed by atoms with Crippen molar-refractivity contribution in [1.82, 2.24) is 4.90 Å². The van der Waals surface area contributed by atoms with Gasteiger partial charge in [0.2, 0.25) is 0 Å². The molecule has 0 amide bonds. The molecule has 72 valence electrons. The Morgan fingerprint density at radius 1 is 1.42 bits per heavy atom. The lowest BCUT2D eigenvalue weighted by Crippen LogP contribution is -2.51. The van der Waals surface area contributed by atoms with Crippen molar-refractivity contribution >= 4 is 0 Å². The molecule has 0 unspecified atom stereocenters. The molecule has 0 aromatic rings. The van der Waals surface area contributed by atoms with E-state index in [1.54, 1.807) is 0 Å². The third-order valence-electron chi connectivity index (χ3n) is 2.13. The van der Waals surface area contributed by atoms with Crippen molar-refractivity contribution in [2.24, 2.45) is 0 Å². The number of ether oxygens (including phenoxy) is 1. The molecule has 0 saturated carbocycles. The Kier molecular flexibility index (Phi) is 4.58. The summed E-state index contributed by atoms with van der Waals surface area (Å²) < 4.78 is 5.39. The minimum Gasteiger partial charge on any atom is -0.390 e. The summed E-state index contributed by atoms with van der Waals surface area (Å²) in [6, 6.07) is 0. The van der Waals surface area contributed by atoms with Gasteiger partial charge in [-0.2, -0.15) is 0 Å². The lowest BCUT2D eigenvalue weighted by Gasteiger charge is -2.35. The molecule has 3 heteroatoms. The third-order valence-corrected chi connectivity index (χ3v) is 2.13. The fraction of sp³-hybridized carbons (Fsp3) is 1.00. The summed E-state index contributed by atoms with van der Waals surface area (Å²) in [7, 11) is 0. The quantitative estimate of drug-likeness (QED) is 0.593. The maximum absolute atomic E-state index is 8.98. The molecule has 1 saturated heterocycles. The van der Waals surface area contributed by atoms with Crippen LogP contribution in [0, 0.1) is 0 Å². The Hall–Kier alpha value is -0.120. The maximum Gasteiger partial charge on any atom is 0.0793 e. The molecular weight excluding hydrogens is 154 g/mol. The number of rotatable bonds is 6. The number of nitrogens with zero attached hydrogens (tertiary/aromatic N) is 1. The van der Waals surface area contributed by atoms with Gasteiger partial charge in [0, 0.05) is 26.2 Å². The number of aliphatic hydroxyl groups is 1. The van der Waals surface area contributed by atoms with Gasteiger partial charge in [-0.15, -0.1) is 0 Å². The molecule has 0 atom stereocenters. The van der Waals surface area contributed by atoms with Gasteiger partial charge in [0.25, 0.3) is 0 Å². The minimum absolute atomic E-state index is 0.0827. The molecule has 0 aromatic carbocycles. The Bertz CT molecular complexity index is 113. The standard InChI is InChI=1S/C9H19NO2/c1-2-3-5-12-6-4-10-7-9(11)8-10/h9,11H,2-8H2,1H3. The lowest BCUT2D eigenvalue weighted by molar-refractivity contribution is -0.0146. The molecule has 1 fully saturated rings. The van der Waals surface area contributed by atoms with Crippen molar-refractivity contribution in [2.75, 3.05) is 32.8 Å². The predicted octanol–water partition coefficient (Wildman–Crippen LogP) is 0.480. The summed E-state index contributed by atoms with van der Waals surface area (Å²) in [5.41, 5.74) is 0. The fourth-order valence-corrected chi connectivity index (χ4v) is 1.27. The van der Waals surface area contributed by atoms with E-state index in [1.807, 2.05) is 0 Å². The van der Waals surface area contributed by atoms with Gasteiger partial charge >= 0.3 is 0 Å². The van der Waals surface area contributed by atoms with Crippen molar-refractivity contribution < 1.29 is 9.84 Å². The molecule has 0 radical (unpaired) electrons. The smallest absolute Gasteiger partial charge is 0.0793 e. The van der Waals surface area contributed by atoms with Crippen LogP contribution >= 0.6 is 0 Å². The van der Waals surface area contributed by atoms with Crippen molar-refractivity contribution in [3.8, 4) is 0 Å². The van der Waals surface area contributed by atoms with Crippen LogP contribution in [0.2, 0.25) is 0 Å². The van der Waals surface area contributed by atoms with Crippen LogP contribution in [0.15, 0.2) is 0 Å². The van der Waals surface area contributed by atoms with E-state index in [2.05, 4.69) is 11.8 Å². The van der Waals surface area contributed by atoms with Crippen molar-refractivity contribution in [2.45, 2.75) is 25.9 Å². The molecule has 0 aromatic heterocycles. The van der Waals surface area contributed by atoms with Gasteiger partial charge in [-0.25, -0.2) is 0 Å². The summed E-state index contributed by atoms with van der Waals surface area (Å²) in [6.07, 6.45) is 2.27. The first kappa shape index (κ1) is 9.96. The van der Waals surface area contributed by atoms with E-state index >= 15 is 0 Å². The Balaban J connectivity index is 1.77. The molecule has 1 aliphatic rings. The normalized spacial score (nSPS) is 19.5. The van der Waals surface area contributed by atoms with E-state index in [9.17, 15) is 0 Å². The van der Waals surface area contributed by atoms with Crippen LogP contribution in [0.4, 0.5) is 0 Å².